The van der Waals surface area contributed by atoms with Crippen LogP contribution in [0.1, 0.15) is 18.1 Å². The van der Waals surface area contributed by atoms with Crippen molar-refractivity contribution in [2.24, 2.45) is 0 Å². The van der Waals surface area contributed by atoms with Crippen LogP contribution in [-0.4, -0.2) is 25.0 Å². The molecule has 7 nitrogen and oxygen atoms in total. The van der Waals surface area contributed by atoms with Crippen LogP contribution in [-0.2, 0) is 9.59 Å². The molecule has 0 bridgehead atoms. The number of hydrogen-bond donors (Lipinski definition) is 2. The average molecular weight is 524 g/mol. The van der Waals surface area contributed by atoms with E-state index in [1.54, 1.807) is 54.6 Å². The number of rotatable bonds is 9. The lowest BCUT2D eigenvalue weighted by molar-refractivity contribution is -0.118. The zero-order valence-electron chi connectivity index (χ0n) is 19.6. The van der Waals surface area contributed by atoms with E-state index in [0.29, 0.717) is 39.3 Å². The lowest BCUT2D eigenvalue weighted by Gasteiger charge is -2.11. The zero-order valence-corrected chi connectivity index (χ0v) is 21.1. The molecule has 0 aliphatic rings. The van der Waals surface area contributed by atoms with Gasteiger partial charge >= 0.3 is 0 Å². The first-order valence-corrected chi connectivity index (χ1v) is 11.7. The van der Waals surface area contributed by atoms with Crippen LogP contribution in [0.5, 0.6) is 11.5 Å². The SMILES string of the molecule is CCOc1ccc(NC(=O)/C(C#N)=C/c2cc(Cl)ccc2OCC(=O)Nc2ccc(C)c(Cl)c2)cc1. The summed E-state index contributed by atoms with van der Waals surface area (Å²) in [4.78, 5) is 25.1. The summed E-state index contributed by atoms with van der Waals surface area (Å²) in [7, 11) is 0. The number of nitrogens with zero attached hydrogens (tertiary/aromatic N) is 1. The second-order valence-corrected chi connectivity index (χ2v) is 8.41. The number of nitriles is 1. The molecule has 2 amide bonds. The molecule has 36 heavy (non-hydrogen) atoms. The van der Waals surface area contributed by atoms with E-state index in [2.05, 4.69) is 10.6 Å². The van der Waals surface area contributed by atoms with E-state index in [1.165, 1.54) is 12.1 Å². The van der Waals surface area contributed by atoms with Gasteiger partial charge in [0.2, 0.25) is 0 Å². The Labute approximate surface area is 219 Å². The van der Waals surface area contributed by atoms with E-state index < -0.39 is 11.8 Å². The van der Waals surface area contributed by atoms with Crippen LogP contribution in [0.3, 0.4) is 0 Å². The van der Waals surface area contributed by atoms with Gasteiger partial charge in [-0.2, -0.15) is 5.26 Å². The lowest BCUT2D eigenvalue weighted by Crippen LogP contribution is -2.20. The van der Waals surface area contributed by atoms with Crippen molar-refractivity contribution in [3.8, 4) is 17.6 Å². The fourth-order valence-electron chi connectivity index (χ4n) is 3.08. The van der Waals surface area contributed by atoms with Gasteiger partial charge < -0.3 is 20.1 Å². The molecule has 3 rings (SSSR count). The average Bonchev–Trinajstić information content (AvgIpc) is 2.85. The summed E-state index contributed by atoms with van der Waals surface area (Å²) in [5.41, 5.74) is 2.12. The topological polar surface area (TPSA) is 100 Å². The predicted octanol–water partition coefficient (Wildman–Crippen LogP) is 6.26. The lowest BCUT2D eigenvalue weighted by atomic mass is 10.1. The minimum Gasteiger partial charge on any atom is -0.494 e. The predicted molar refractivity (Wildman–Crippen MR) is 142 cm³/mol. The molecule has 0 radical (unpaired) electrons. The third-order valence-electron chi connectivity index (χ3n) is 4.87. The maximum atomic E-state index is 12.7. The number of halogens is 2. The van der Waals surface area contributed by atoms with Crippen molar-refractivity contribution in [3.05, 3.63) is 87.4 Å². The Morgan fingerprint density at radius 2 is 1.69 bits per heavy atom. The van der Waals surface area contributed by atoms with Crippen LogP contribution in [0.15, 0.2) is 66.2 Å². The fraction of sp³-hybridized carbons (Fsp3) is 0.148. The number of anilines is 2. The Balaban J connectivity index is 1.71. The number of hydrogen-bond acceptors (Lipinski definition) is 5. The van der Waals surface area contributed by atoms with E-state index in [4.69, 9.17) is 32.7 Å². The van der Waals surface area contributed by atoms with Gasteiger partial charge in [0.1, 0.15) is 23.1 Å². The Kier molecular flexibility index (Phi) is 9.34. The smallest absolute Gasteiger partial charge is 0.266 e. The molecule has 0 saturated heterocycles. The fourth-order valence-corrected chi connectivity index (χ4v) is 3.44. The minimum absolute atomic E-state index is 0.172. The van der Waals surface area contributed by atoms with Crippen molar-refractivity contribution < 1.29 is 19.1 Å². The molecule has 9 heteroatoms. The maximum Gasteiger partial charge on any atom is 0.266 e. The molecule has 3 aromatic carbocycles. The molecule has 0 aliphatic heterocycles. The van der Waals surface area contributed by atoms with Gasteiger partial charge in [0.15, 0.2) is 6.61 Å². The first-order valence-electron chi connectivity index (χ1n) is 10.9. The summed E-state index contributed by atoms with van der Waals surface area (Å²) >= 11 is 12.2. The van der Waals surface area contributed by atoms with Crippen molar-refractivity contribution in [1.82, 2.24) is 0 Å². The van der Waals surface area contributed by atoms with Crippen LogP contribution >= 0.6 is 23.2 Å². The van der Waals surface area contributed by atoms with Crippen LogP contribution in [0.25, 0.3) is 6.08 Å². The van der Waals surface area contributed by atoms with Crippen molar-refractivity contribution in [2.45, 2.75) is 13.8 Å². The maximum absolute atomic E-state index is 12.7. The number of ether oxygens (including phenoxy) is 2. The van der Waals surface area contributed by atoms with Crippen molar-refractivity contribution in [1.29, 1.82) is 5.26 Å². The monoisotopic (exact) mass is 523 g/mol. The summed E-state index contributed by atoms with van der Waals surface area (Å²) in [5, 5.41) is 15.9. The number of nitrogens with one attached hydrogen (secondary N) is 2. The Morgan fingerprint density at radius 1 is 0.972 bits per heavy atom. The van der Waals surface area contributed by atoms with Gasteiger partial charge in [-0.05, 0) is 80.1 Å². The highest BCUT2D eigenvalue weighted by Gasteiger charge is 2.13. The number of amides is 2. The number of benzene rings is 3. The molecular formula is C27H23Cl2N3O4. The summed E-state index contributed by atoms with van der Waals surface area (Å²) in [6.07, 6.45) is 1.35. The Bertz CT molecular complexity index is 1330. The van der Waals surface area contributed by atoms with E-state index in [-0.39, 0.29) is 17.9 Å². The van der Waals surface area contributed by atoms with Crippen molar-refractivity contribution in [2.75, 3.05) is 23.8 Å². The molecular weight excluding hydrogens is 501 g/mol. The van der Waals surface area contributed by atoms with Gasteiger partial charge in [-0.25, -0.2) is 0 Å². The first kappa shape index (κ1) is 26.6. The summed E-state index contributed by atoms with van der Waals surface area (Å²) in [6.45, 7) is 3.95. The molecule has 0 fully saturated rings. The molecule has 0 heterocycles. The third kappa shape index (κ3) is 7.51. The van der Waals surface area contributed by atoms with Crippen LogP contribution in [0.2, 0.25) is 10.0 Å². The van der Waals surface area contributed by atoms with Gasteiger partial charge in [0, 0.05) is 27.0 Å². The van der Waals surface area contributed by atoms with Crippen LogP contribution in [0.4, 0.5) is 11.4 Å². The first-order chi connectivity index (χ1) is 17.3. The van der Waals surface area contributed by atoms with Crippen LogP contribution < -0.4 is 20.1 Å². The molecule has 184 valence electrons. The zero-order chi connectivity index (χ0) is 26.1. The number of carbonyl (C=O) groups is 2. The van der Waals surface area contributed by atoms with E-state index in [0.717, 1.165) is 5.56 Å². The second kappa shape index (κ2) is 12.6. The quantitative estimate of drug-likeness (QED) is 0.254. The van der Waals surface area contributed by atoms with Gasteiger partial charge in [-0.1, -0.05) is 29.3 Å². The van der Waals surface area contributed by atoms with Crippen molar-refractivity contribution >= 4 is 52.5 Å². The highest BCUT2D eigenvalue weighted by molar-refractivity contribution is 6.31. The Hall–Kier alpha value is -3.99. The third-order valence-corrected chi connectivity index (χ3v) is 5.52. The highest BCUT2D eigenvalue weighted by atomic mass is 35.5. The molecule has 0 aliphatic carbocycles. The Morgan fingerprint density at radius 3 is 2.36 bits per heavy atom. The number of aryl methyl sites for hydroxylation is 1. The van der Waals surface area contributed by atoms with E-state index in [9.17, 15) is 14.9 Å². The largest absolute Gasteiger partial charge is 0.494 e. The molecule has 0 spiro atoms. The summed E-state index contributed by atoms with van der Waals surface area (Å²) in [5.74, 6) is -0.0741. The minimum atomic E-state index is -0.610. The van der Waals surface area contributed by atoms with E-state index >= 15 is 0 Å². The molecule has 3 aromatic rings. The summed E-state index contributed by atoms with van der Waals surface area (Å²) < 4.78 is 11.0. The molecule has 2 N–H and O–H groups in total. The van der Waals surface area contributed by atoms with Gasteiger partial charge in [-0.3, -0.25) is 9.59 Å². The molecule has 0 unspecified atom stereocenters. The van der Waals surface area contributed by atoms with Crippen molar-refractivity contribution in [3.63, 3.8) is 0 Å². The highest BCUT2D eigenvalue weighted by Crippen LogP contribution is 2.26. The summed E-state index contributed by atoms with van der Waals surface area (Å²) in [6, 6.07) is 18.5. The molecule has 0 saturated carbocycles. The van der Waals surface area contributed by atoms with Gasteiger partial charge in [0.25, 0.3) is 11.8 Å². The molecule has 0 atom stereocenters. The second-order valence-electron chi connectivity index (χ2n) is 7.56. The van der Waals surface area contributed by atoms with Gasteiger partial charge in [-0.15, -0.1) is 0 Å². The van der Waals surface area contributed by atoms with Gasteiger partial charge in [0.05, 0.1) is 6.61 Å². The van der Waals surface area contributed by atoms with Crippen LogP contribution in [0, 0.1) is 18.3 Å². The number of carbonyl (C=O) groups excluding carboxylic acids is 2. The molecule has 0 aromatic heterocycles. The standard InChI is InChI=1S/C27H23Cl2N3O4/c1-3-35-23-9-7-21(8-10-23)32-27(34)19(15-30)12-18-13-20(28)5-11-25(18)36-16-26(33)31-22-6-4-17(2)24(29)14-22/h4-14H,3,16H2,1-2H3,(H,31,33)(H,32,34)/b19-12+. The normalized spacial score (nSPS) is 10.8. The van der Waals surface area contributed by atoms with E-state index in [1.807, 2.05) is 19.9 Å².